The fourth-order valence-electron chi connectivity index (χ4n) is 5.06. The Balaban J connectivity index is 1.43. The number of rotatable bonds is 10. The van der Waals surface area contributed by atoms with E-state index in [1.807, 2.05) is 12.1 Å². The van der Waals surface area contributed by atoms with Crippen molar-refractivity contribution >= 4 is 23.3 Å². The normalized spacial score (nSPS) is 18.1. The first-order valence-electron chi connectivity index (χ1n) is 13.5. The lowest BCUT2D eigenvalue weighted by Gasteiger charge is -2.35. The average Bonchev–Trinajstić information content (AvgIpc) is 3.42. The van der Waals surface area contributed by atoms with Crippen LogP contribution in [0.25, 0.3) is 0 Å². The Labute approximate surface area is 215 Å². The van der Waals surface area contributed by atoms with Crippen LogP contribution < -0.4 is 20.9 Å². The molecule has 0 spiro atoms. The second-order valence-corrected chi connectivity index (χ2v) is 9.93. The minimum Gasteiger partial charge on any atom is -0.376 e. The van der Waals surface area contributed by atoms with E-state index in [-0.39, 0.29) is 18.0 Å². The highest BCUT2D eigenvalue weighted by atomic mass is 16.5. The van der Waals surface area contributed by atoms with Gasteiger partial charge in [-0.15, -0.1) is 0 Å². The largest absolute Gasteiger partial charge is 0.376 e. The van der Waals surface area contributed by atoms with Gasteiger partial charge < -0.3 is 25.6 Å². The van der Waals surface area contributed by atoms with Crippen LogP contribution in [0.15, 0.2) is 48.5 Å². The molecule has 2 heterocycles. The number of urea groups is 1. The van der Waals surface area contributed by atoms with E-state index >= 15 is 0 Å². The standard InChI is InChI=1S/C29H40N4O3/c1-2-3-15-30-29(35)32-24-11-12-27(26(20-24)28(34)31-21-25-10-7-18-36-25)33-16-13-23(14-17-33)19-22-8-5-4-6-9-22/h4-6,8-9,11-12,20,23,25H,2-3,7,10,13-19,21H2,1H3,(H,31,34)(H2,30,32,35). The molecule has 2 saturated heterocycles. The van der Waals surface area contributed by atoms with Crippen molar-refractivity contribution in [2.45, 2.75) is 58.0 Å². The summed E-state index contributed by atoms with van der Waals surface area (Å²) in [5, 5.41) is 8.82. The van der Waals surface area contributed by atoms with Crippen molar-refractivity contribution in [3.63, 3.8) is 0 Å². The summed E-state index contributed by atoms with van der Waals surface area (Å²) in [5.74, 6) is 0.523. The van der Waals surface area contributed by atoms with E-state index < -0.39 is 0 Å². The number of nitrogens with one attached hydrogen (secondary N) is 3. The van der Waals surface area contributed by atoms with Gasteiger partial charge in [0.2, 0.25) is 0 Å². The van der Waals surface area contributed by atoms with Gasteiger partial charge in [-0.2, -0.15) is 0 Å². The van der Waals surface area contributed by atoms with Crippen LogP contribution in [0, 0.1) is 5.92 Å². The van der Waals surface area contributed by atoms with Gasteiger partial charge in [-0.3, -0.25) is 4.79 Å². The fourth-order valence-corrected chi connectivity index (χ4v) is 5.06. The van der Waals surface area contributed by atoms with Crippen molar-refractivity contribution in [3.05, 3.63) is 59.7 Å². The highest BCUT2D eigenvalue weighted by Crippen LogP contribution is 2.30. The van der Waals surface area contributed by atoms with Gasteiger partial charge in [0.15, 0.2) is 0 Å². The van der Waals surface area contributed by atoms with E-state index in [0.717, 1.165) is 70.3 Å². The SMILES string of the molecule is CCCCNC(=O)Nc1ccc(N2CCC(Cc3ccccc3)CC2)c(C(=O)NCC2CCCO2)c1. The second kappa shape index (κ2) is 13.3. The van der Waals surface area contributed by atoms with Gasteiger partial charge >= 0.3 is 6.03 Å². The predicted molar refractivity (Wildman–Crippen MR) is 145 cm³/mol. The van der Waals surface area contributed by atoms with Gasteiger partial charge in [-0.25, -0.2) is 4.79 Å². The van der Waals surface area contributed by atoms with Crippen molar-refractivity contribution in [2.75, 3.05) is 43.0 Å². The highest BCUT2D eigenvalue weighted by Gasteiger charge is 2.25. The van der Waals surface area contributed by atoms with Crippen molar-refractivity contribution in [3.8, 4) is 0 Å². The number of anilines is 2. The van der Waals surface area contributed by atoms with Crippen LogP contribution in [-0.2, 0) is 11.2 Å². The molecule has 0 aromatic heterocycles. The molecule has 3 N–H and O–H groups in total. The summed E-state index contributed by atoms with van der Waals surface area (Å²) >= 11 is 0. The molecule has 7 nitrogen and oxygen atoms in total. The minimum absolute atomic E-state index is 0.0804. The summed E-state index contributed by atoms with van der Waals surface area (Å²) in [5.41, 5.74) is 3.53. The molecule has 0 radical (unpaired) electrons. The van der Waals surface area contributed by atoms with E-state index in [0.29, 0.717) is 30.3 Å². The summed E-state index contributed by atoms with van der Waals surface area (Å²) < 4.78 is 5.68. The molecule has 2 aliphatic heterocycles. The molecule has 3 amide bonds. The zero-order valence-electron chi connectivity index (χ0n) is 21.4. The van der Waals surface area contributed by atoms with Gasteiger partial charge in [-0.1, -0.05) is 43.7 Å². The van der Waals surface area contributed by atoms with Gasteiger partial charge in [0.05, 0.1) is 11.7 Å². The van der Waals surface area contributed by atoms with Crippen molar-refractivity contribution < 1.29 is 14.3 Å². The molecule has 194 valence electrons. The van der Waals surface area contributed by atoms with Crippen LogP contribution in [0.1, 0.15) is 61.4 Å². The average molecular weight is 493 g/mol. The summed E-state index contributed by atoms with van der Waals surface area (Å²) in [6.45, 7) is 5.81. The van der Waals surface area contributed by atoms with Gasteiger partial charge in [0, 0.05) is 44.2 Å². The summed E-state index contributed by atoms with van der Waals surface area (Å²) in [7, 11) is 0. The van der Waals surface area contributed by atoms with Crippen molar-refractivity contribution in [1.29, 1.82) is 0 Å². The van der Waals surface area contributed by atoms with Crippen LogP contribution in [0.3, 0.4) is 0 Å². The van der Waals surface area contributed by atoms with Crippen LogP contribution in [0.5, 0.6) is 0 Å². The fraction of sp³-hybridized carbons (Fsp3) is 0.517. The number of ether oxygens (including phenoxy) is 1. The lowest BCUT2D eigenvalue weighted by Crippen LogP contribution is -2.37. The molecule has 0 saturated carbocycles. The molecule has 2 aromatic carbocycles. The maximum absolute atomic E-state index is 13.3. The third-order valence-corrected chi connectivity index (χ3v) is 7.15. The molecular weight excluding hydrogens is 452 g/mol. The Hall–Kier alpha value is -3.06. The second-order valence-electron chi connectivity index (χ2n) is 9.93. The lowest BCUT2D eigenvalue weighted by atomic mass is 9.89. The molecule has 2 aliphatic rings. The summed E-state index contributed by atoms with van der Waals surface area (Å²) in [4.78, 5) is 27.9. The number of carbonyl (C=O) groups excluding carboxylic acids is 2. The third-order valence-electron chi connectivity index (χ3n) is 7.15. The van der Waals surface area contributed by atoms with Gasteiger partial charge in [0.1, 0.15) is 0 Å². The Morgan fingerprint density at radius 1 is 1.03 bits per heavy atom. The molecule has 0 aliphatic carbocycles. The zero-order chi connectivity index (χ0) is 25.2. The van der Waals surface area contributed by atoms with Gasteiger partial charge in [0.25, 0.3) is 5.91 Å². The van der Waals surface area contributed by atoms with E-state index in [2.05, 4.69) is 58.1 Å². The maximum atomic E-state index is 13.3. The van der Waals surface area contributed by atoms with E-state index in [1.165, 1.54) is 5.56 Å². The number of unbranched alkanes of at least 4 members (excludes halogenated alkanes) is 1. The molecule has 0 bridgehead atoms. The number of nitrogens with zero attached hydrogens (tertiary/aromatic N) is 1. The van der Waals surface area contributed by atoms with E-state index in [4.69, 9.17) is 4.74 Å². The first-order valence-corrected chi connectivity index (χ1v) is 13.5. The van der Waals surface area contributed by atoms with Crippen molar-refractivity contribution in [1.82, 2.24) is 10.6 Å². The third kappa shape index (κ3) is 7.47. The van der Waals surface area contributed by atoms with E-state index in [9.17, 15) is 9.59 Å². The number of piperidine rings is 1. The smallest absolute Gasteiger partial charge is 0.319 e. The number of benzene rings is 2. The van der Waals surface area contributed by atoms with Crippen LogP contribution in [0.4, 0.5) is 16.2 Å². The molecule has 36 heavy (non-hydrogen) atoms. The van der Waals surface area contributed by atoms with Gasteiger partial charge in [-0.05, 0) is 68.2 Å². The maximum Gasteiger partial charge on any atom is 0.319 e. The number of amides is 3. The Kier molecular flexibility index (Phi) is 9.61. The summed E-state index contributed by atoms with van der Waals surface area (Å²) in [6.07, 6.45) is 7.32. The molecule has 7 heteroatoms. The molecule has 1 unspecified atom stereocenters. The Morgan fingerprint density at radius 2 is 1.83 bits per heavy atom. The van der Waals surface area contributed by atoms with E-state index in [1.54, 1.807) is 6.07 Å². The minimum atomic E-state index is -0.247. The molecule has 2 fully saturated rings. The number of hydrogen-bond acceptors (Lipinski definition) is 4. The molecule has 2 aromatic rings. The number of hydrogen-bond donors (Lipinski definition) is 3. The molecule has 4 rings (SSSR count). The monoisotopic (exact) mass is 492 g/mol. The molecular formula is C29H40N4O3. The lowest BCUT2D eigenvalue weighted by molar-refractivity contribution is 0.0858. The van der Waals surface area contributed by atoms with Crippen LogP contribution >= 0.6 is 0 Å². The number of carbonyl (C=O) groups is 2. The predicted octanol–water partition coefficient (Wildman–Crippen LogP) is 4.98. The van der Waals surface area contributed by atoms with Crippen LogP contribution in [-0.4, -0.2) is 50.8 Å². The quantitative estimate of drug-likeness (QED) is 0.409. The molecule has 1 atom stereocenters. The van der Waals surface area contributed by atoms with Crippen molar-refractivity contribution in [2.24, 2.45) is 5.92 Å². The highest BCUT2D eigenvalue weighted by molar-refractivity contribution is 6.02. The zero-order valence-corrected chi connectivity index (χ0v) is 21.4. The first-order chi connectivity index (χ1) is 17.6. The van der Waals surface area contributed by atoms with Crippen LogP contribution in [0.2, 0.25) is 0 Å². The first kappa shape index (κ1) is 26.0. The Bertz CT molecular complexity index is 983. The summed E-state index contributed by atoms with van der Waals surface area (Å²) in [6, 6.07) is 16.1. The Morgan fingerprint density at radius 3 is 2.56 bits per heavy atom. The topological polar surface area (TPSA) is 82.7 Å².